The van der Waals surface area contributed by atoms with E-state index in [9.17, 15) is 0 Å². The van der Waals surface area contributed by atoms with E-state index in [4.69, 9.17) is 9.47 Å². The van der Waals surface area contributed by atoms with Crippen molar-refractivity contribution >= 4 is 0 Å². The Bertz CT molecular complexity index is 579. The molecule has 0 fully saturated rings. The third-order valence-electron chi connectivity index (χ3n) is 4.10. The van der Waals surface area contributed by atoms with Crippen LogP contribution >= 0.6 is 0 Å². The Balaban J connectivity index is 1.90. The molecule has 4 nitrogen and oxygen atoms in total. The molecule has 1 aromatic heterocycles. The van der Waals surface area contributed by atoms with Crippen LogP contribution in [0.1, 0.15) is 43.0 Å². The van der Waals surface area contributed by atoms with Crippen LogP contribution in [0.5, 0.6) is 5.75 Å². The zero-order valence-corrected chi connectivity index (χ0v) is 14.8. The third-order valence-corrected chi connectivity index (χ3v) is 4.10. The van der Waals surface area contributed by atoms with E-state index >= 15 is 0 Å². The Morgan fingerprint density at radius 3 is 2.74 bits per heavy atom. The molecule has 23 heavy (non-hydrogen) atoms. The van der Waals surface area contributed by atoms with E-state index in [0.717, 1.165) is 54.4 Å². The predicted molar refractivity (Wildman–Crippen MR) is 93.4 cm³/mol. The maximum Gasteiger partial charge on any atom is 0.128 e. The summed E-state index contributed by atoms with van der Waals surface area (Å²) in [6.07, 6.45) is 11.7. The van der Waals surface area contributed by atoms with Gasteiger partial charge in [0.15, 0.2) is 0 Å². The zero-order chi connectivity index (χ0) is 16.7. The highest BCUT2D eigenvalue weighted by atomic mass is 16.5. The number of aryl methyl sites for hydroxylation is 1. The minimum Gasteiger partial charge on any atom is -0.496 e. The summed E-state index contributed by atoms with van der Waals surface area (Å²) in [6, 6.07) is 0. The summed E-state index contributed by atoms with van der Waals surface area (Å²) in [5.41, 5.74) is 3.25. The number of unbranched alkanes of at least 4 members (excludes halogenated alkanes) is 2. The molecule has 0 amide bonds. The first-order chi connectivity index (χ1) is 11.2. The highest BCUT2D eigenvalue weighted by molar-refractivity contribution is 5.41. The normalized spacial score (nSPS) is 13.9. The van der Waals surface area contributed by atoms with E-state index in [2.05, 4.69) is 36.0 Å². The van der Waals surface area contributed by atoms with Gasteiger partial charge in [-0.05, 0) is 32.4 Å². The van der Waals surface area contributed by atoms with Gasteiger partial charge in [-0.25, -0.2) is 0 Å². The van der Waals surface area contributed by atoms with E-state index in [1.54, 1.807) is 7.11 Å². The average molecular weight is 316 g/mol. The molecule has 1 aromatic rings. The van der Waals surface area contributed by atoms with Crippen molar-refractivity contribution in [3.05, 3.63) is 47.1 Å². The number of nitrogens with zero attached hydrogens (tertiary/aromatic N) is 2. The van der Waals surface area contributed by atoms with Gasteiger partial charge in [0, 0.05) is 30.1 Å². The van der Waals surface area contributed by atoms with E-state index in [-0.39, 0.29) is 0 Å². The predicted octanol–water partition coefficient (Wildman–Crippen LogP) is 4.13. The van der Waals surface area contributed by atoms with Gasteiger partial charge >= 0.3 is 0 Å². The van der Waals surface area contributed by atoms with Gasteiger partial charge in [-0.3, -0.25) is 4.98 Å². The second-order valence-corrected chi connectivity index (χ2v) is 5.95. The number of ether oxygens (including phenoxy) is 2. The quantitative estimate of drug-likeness (QED) is 0.676. The summed E-state index contributed by atoms with van der Waals surface area (Å²) in [5, 5.41) is 0. The molecule has 0 aromatic carbocycles. The van der Waals surface area contributed by atoms with Crippen LogP contribution in [0.3, 0.4) is 0 Å². The molecule has 0 bridgehead atoms. The molecule has 2 heterocycles. The molecule has 0 N–H and O–H groups in total. The second-order valence-electron chi connectivity index (χ2n) is 5.95. The maximum atomic E-state index is 5.77. The van der Waals surface area contributed by atoms with Gasteiger partial charge in [-0.2, -0.15) is 0 Å². The molecule has 0 saturated heterocycles. The Hall–Kier alpha value is -1.97. The molecular formula is C19H28N2O2. The lowest BCUT2D eigenvalue weighted by atomic mass is 10.1. The molecule has 0 saturated carbocycles. The van der Waals surface area contributed by atoms with E-state index < -0.39 is 0 Å². The number of allylic oxidation sites excluding steroid dienone is 1. The Morgan fingerprint density at radius 1 is 1.26 bits per heavy atom. The molecular weight excluding hydrogens is 288 g/mol. The van der Waals surface area contributed by atoms with Crippen molar-refractivity contribution in [2.75, 3.05) is 20.3 Å². The summed E-state index contributed by atoms with van der Waals surface area (Å²) < 4.78 is 11.2. The van der Waals surface area contributed by atoms with Crippen LogP contribution in [0, 0.1) is 13.8 Å². The van der Waals surface area contributed by atoms with Crippen LogP contribution in [0.2, 0.25) is 0 Å². The van der Waals surface area contributed by atoms with Crippen molar-refractivity contribution in [2.24, 2.45) is 0 Å². The number of methoxy groups -OCH3 is 1. The molecule has 0 spiro atoms. The van der Waals surface area contributed by atoms with Crippen LogP contribution in [0.4, 0.5) is 0 Å². The molecule has 1 aliphatic rings. The van der Waals surface area contributed by atoms with Gasteiger partial charge < -0.3 is 14.4 Å². The van der Waals surface area contributed by atoms with Crippen molar-refractivity contribution < 1.29 is 9.47 Å². The van der Waals surface area contributed by atoms with Gasteiger partial charge in [-0.1, -0.05) is 19.8 Å². The van der Waals surface area contributed by atoms with Crippen molar-refractivity contribution in [1.82, 2.24) is 9.88 Å². The molecule has 4 heteroatoms. The van der Waals surface area contributed by atoms with Gasteiger partial charge in [0.25, 0.3) is 0 Å². The monoisotopic (exact) mass is 316 g/mol. The number of rotatable bonds is 8. The number of aromatic nitrogens is 1. The standard InChI is InChI=1S/C19H28N2O2/c1-5-6-7-12-23-17-8-10-21(11-9-17)14-18-16(3)19(22-4)15(2)13-20-18/h8-10,13H,5-7,11-12,14H2,1-4H3. The highest BCUT2D eigenvalue weighted by Gasteiger charge is 2.13. The summed E-state index contributed by atoms with van der Waals surface area (Å²) in [5.74, 6) is 1.91. The molecule has 0 unspecified atom stereocenters. The molecule has 2 rings (SSSR count). The largest absolute Gasteiger partial charge is 0.496 e. The minimum absolute atomic E-state index is 0.776. The number of hydrogen-bond acceptors (Lipinski definition) is 4. The van der Waals surface area contributed by atoms with Gasteiger partial charge in [0.05, 0.1) is 26.0 Å². The van der Waals surface area contributed by atoms with Crippen molar-refractivity contribution in [1.29, 1.82) is 0 Å². The fraction of sp³-hybridized carbons (Fsp3) is 0.526. The van der Waals surface area contributed by atoms with E-state index in [1.165, 1.54) is 12.8 Å². The maximum absolute atomic E-state index is 5.77. The Labute approximate surface area is 139 Å². The fourth-order valence-corrected chi connectivity index (χ4v) is 2.70. The van der Waals surface area contributed by atoms with Gasteiger partial charge in [-0.15, -0.1) is 0 Å². The minimum atomic E-state index is 0.776. The Kier molecular flexibility index (Phi) is 6.51. The SMILES string of the molecule is CCCCCOC1=CCN(Cc2ncc(C)c(OC)c2C)C=C1. The van der Waals surface area contributed by atoms with Crippen LogP contribution in [-0.2, 0) is 11.3 Å². The average Bonchev–Trinajstić information content (AvgIpc) is 2.56. The topological polar surface area (TPSA) is 34.6 Å². The first kappa shape index (κ1) is 17.4. The first-order valence-corrected chi connectivity index (χ1v) is 8.40. The molecule has 0 atom stereocenters. The van der Waals surface area contributed by atoms with Crippen molar-refractivity contribution in [2.45, 2.75) is 46.6 Å². The number of pyridine rings is 1. The smallest absolute Gasteiger partial charge is 0.128 e. The summed E-state index contributed by atoms with van der Waals surface area (Å²) in [7, 11) is 1.71. The van der Waals surface area contributed by atoms with Crippen molar-refractivity contribution in [3.8, 4) is 5.75 Å². The summed E-state index contributed by atoms with van der Waals surface area (Å²) in [4.78, 5) is 6.79. The van der Waals surface area contributed by atoms with Crippen LogP contribution < -0.4 is 4.74 Å². The Morgan fingerprint density at radius 2 is 2.09 bits per heavy atom. The third kappa shape index (κ3) is 4.75. The van der Waals surface area contributed by atoms with Gasteiger partial charge in [0.1, 0.15) is 11.5 Å². The first-order valence-electron chi connectivity index (χ1n) is 8.40. The molecule has 0 aliphatic carbocycles. The summed E-state index contributed by atoms with van der Waals surface area (Å²) >= 11 is 0. The van der Waals surface area contributed by atoms with Crippen LogP contribution in [0.15, 0.2) is 30.3 Å². The van der Waals surface area contributed by atoms with E-state index in [1.807, 2.05) is 19.2 Å². The fourth-order valence-electron chi connectivity index (χ4n) is 2.70. The van der Waals surface area contributed by atoms with Crippen LogP contribution in [0.25, 0.3) is 0 Å². The summed E-state index contributed by atoms with van der Waals surface area (Å²) in [6.45, 7) is 8.72. The zero-order valence-electron chi connectivity index (χ0n) is 14.8. The highest BCUT2D eigenvalue weighted by Crippen LogP contribution is 2.25. The van der Waals surface area contributed by atoms with Gasteiger partial charge in [0.2, 0.25) is 0 Å². The van der Waals surface area contributed by atoms with Crippen LogP contribution in [-0.4, -0.2) is 30.1 Å². The molecule has 1 aliphatic heterocycles. The van der Waals surface area contributed by atoms with E-state index in [0.29, 0.717) is 0 Å². The molecule has 126 valence electrons. The lowest BCUT2D eigenvalue weighted by Crippen LogP contribution is -2.21. The lowest BCUT2D eigenvalue weighted by Gasteiger charge is -2.23. The second kappa shape index (κ2) is 8.61. The number of hydrogen-bond donors (Lipinski definition) is 0. The lowest BCUT2D eigenvalue weighted by molar-refractivity contribution is 0.211. The molecule has 0 radical (unpaired) electrons. The van der Waals surface area contributed by atoms with Crippen molar-refractivity contribution in [3.63, 3.8) is 0 Å².